The highest BCUT2D eigenvalue weighted by molar-refractivity contribution is 6.00. The molecule has 4 rings (SSSR count). The van der Waals surface area contributed by atoms with Crippen LogP contribution in [0.15, 0.2) is 42.6 Å². The molecule has 152 valence electrons. The van der Waals surface area contributed by atoms with E-state index in [1.54, 1.807) is 49.0 Å². The van der Waals surface area contributed by atoms with E-state index in [9.17, 15) is 9.59 Å². The molecule has 2 aromatic heterocycles. The predicted molar refractivity (Wildman–Crippen MR) is 111 cm³/mol. The highest BCUT2D eigenvalue weighted by Gasteiger charge is 2.17. The predicted octanol–water partition coefficient (Wildman–Crippen LogP) is 2.15. The number of amides is 3. The van der Waals surface area contributed by atoms with Gasteiger partial charge in [-0.2, -0.15) is 0 Å². The molecule has 0 bridgehead atoms. The molecule has 4 aromatic rings. The van der Waals surface area contributed by atoms with Gasteiger partial charge in [0, 0.05) is 31.4 Å². The van der Waals surface area contributed by atoms with Crippen molar-refractivity contribution in [2.45, 2.75) is 0 Å². The second-order valence-corrected chi connectivity index (χ2v) is 6.78. The largest absolute Gasteiger partial charge is 0.496 e. The van der Waals surface area contributed by atoms with Gasteiger partial charge in [0.1, 0.15) is 5.75 Å². The zero-order valence-electron chi connectivity index (χ0n) is 16.6. The molecular formula is C20H19N7O3. The van der Waals surface area contributed by atoms with Crippen LogP contribution in [0.1, 0.15) is 10.4 Å². The Morgan fingerprint density at radius 1 is 1.13 bits per heavy atom. The van der Waals surface area contributed by atoms with Gasteiger partial charge in [0.25, 0.3) is 5.91 Å². The van der Waals surface area contributed by atoms with Crippen molar-refractivity contribution in [3.63, 3.8) is 0 Å². The van der Waals surface area contributed by atoms with Gasteiger partial charge in [-0.05, 0) is 30.3 Å². The number of nitrogens with two attached hydrogens (primary N) is 1. The number of nitrogens with one attached hydrogen (secondary N) is 1. The molecule has 0 saturated heterocycles. The number of methoxy groups -OCH3 is 1. The van der Waals surface area contributed by atoms with Crippen LogP contribution in [0.5, 0.6) is 5.75 Å². The summed E-state index contributed by atoms with van der Waals surface area (Å²) in [7, 11) is 4.80. The monoisotopic (exact) mass is 405 g/mol. The summed E-state index contributed by atoms with van der Waals surface area (Å²) < 4.78 is 7.06. The van der Waals surface area contributed by atoms with Crippen molar-refractivity contribution in [1.29, 1.82) is 0 Å². The molecule has 0 atom stereocenters. The lowest BCUT2D eigenvalue weighted by atomic mass is 10.1. The van der Waals surface area contributed by atoms with Gasteiger partial charge in [-0.1, -0.05) is 0 Å². The molecule has 2 aromatic carbocycles. The number of carbonyl (C=O) groups is 2. The van der Waals surface area contributed by atoms with E-state index in [4.69, 9.17) is 10.5 Å². The average molecular weight is 405 g/mol. The minimum Gasteiger partial charge on any atom is -0.496 e. The second kappa shape index (κ2) is 7.32. The van der Waals surface area contributed by atoms with Gasteiger partial charge in [0.2, 0.25) is 0 Å². The van der Waals surface area contributed by atoms with Crippen molar-refractivity contribution in [2.24, 2.45) is 5.73 Å². The maximum absolute atomic E-state index is 11.9. The van der Waals surface area contributed by atoms with E-state index in [-0.39, 0.29) is 11.6 Å². The number of hydrogen-bond donors (Lipinski definition) is 2. The third-order valence-electron chi connectivity index (χ3n) is 4.61. The van der Waals surface area contributed by atoms with Crippen molar-refractivity contribution >= 4 is 34.3 Å². The number of rotatable bonds is 4. The number of aromatic nitrogens is 4. The van der Waals surface area contributed by atoms with Crippen LogP contribution in [0.25, 0.3) is 28.1 Å². The standard InChI is InChI=1S/C20H19N7O3/c1-26(2)20(29)23-12-6-4-11(5-7-12)19-25-24-17-10-22-14-9-16(30-3)13(18(21)28)8-15(14)27(17)19/h4-10H,1-3H3,(H2,21,28)(H,23,29). The lowest BCUT2D eigenvalue weighted by Gasteiger charge is -2.12. The van der Waals surface area contributed by atoms with Gasteiger partial charge in [-0.15, -0.1) is 10.2 Å². The van der Waals surface area contributed by atoms with Crippen LogP contribution >= 0.6 is 0 Å². The van der Waals surface area contributed by atoms with E-state index < -0.39 is 5.91 Å². The minimum atomic E-state index is -0.610. The Kier molecular flexibility index (Phi) is 4.66. The molecular weight excluding hydrogens is 386 g/mol. The maximum atomic E-state index is 11.9. The van der Waals surface area contributed by atoms with Gasteiger partial charge in [0.05, 0.1) is 29.9 Å². The fraction of sp³-hybridized carbons (Fsp3) is 0.150. The average Bonchev–Trinajstić information content (AvgIpc) is 3.17. The Morgan fingerprint density at radius 3 is 2.50 bits per heavy atom. The van der Waals surface area contributed by atoms with Crippen LogP contribution in [-0.4, -0.2) is 57.6 Å². The van der Waals surface area contributed by atoms with E-state index in [2.05, 4.69) is 20.5 Å². The number of anilines is 1. The van der Waals surface area contributed by atoms with E-state index >= 15 is 0 Å². The maximum Gasteiger partial charge on any atom is 0.321 e. The SMILES string of the molecule is COc1cc2ncc3nnc(-c4ccc(NC(=O)N(C)C)cc4)n3c2cc1C(N)=O. The molecule has 10 heteroatoms. The first-order chi connectivity index (χ1) is 14.4. The van der Waals surface area contributed by atoms with Gasteiger partial charge in [0.15, 0.2) is 11.5 Å². The van der Waals surface area contributed by atoms with Crippen molar-refractivity contribution < 1.29 is 14.3 Å². The van der Waals surface area contributed by atoms with Crippen LogP contribution in [-0.2, 0) is 0 Å². The molecule has 30 heavy (non-hydrogen) atoms. The molecule has 2 heterocycles. The van der Waals surface area contributed by atoms with Gasteiger partial charge < -0.3 is 20.7 Å². The van der Waals surface area contributed by atoms with Gasteiger partial charge in [-0.3, -0.25) is 14.2 Å². The third kappa shape index (κ3) is 3.24. The summed E-state index contributed by atoms with van der Waals surface area (Å²) in [6, 6.07) is 10.3. The number of urea groups is 1. The Morgan fingerprint density at radius 2 is 1.87 bits per heavy atom. The normalized spacial score (nSPS) is 10.9. The van der Waals surface area contributed by atoms with E-state index in [0.717, 1.165) is 5.56 Å². The lowest BCUT2D eigenvalue weighted by Crippen LogP contribution is -2.27. The van der Waals surface area contributed by atoms with Crippen LogP contribution in [0.3, 0.4) is 0 Å². The van der Waals surface area contributed by atoms with Crippen molar-refractivity contribution in [3.05, 3.63) is 48.2 Å². The van der Waals surface area contributed by atoms with E-state index in [1.165, 1.54) is 12.0 Å². The summed E-state index contributed by atoms with van der Waals surface area (Å²) >= 11 is 0. The summed E-state index contributed by atoms with van der Waals surface area (Å²) in [4.78, 5) is 29.5. The topological polar surface area (TPSA) is 128 Å². The zero-order chi connectivity index (χ0) is 21.4. The van der Waals surface area contributed by atoms with Crippen LogP contribution in [0.4, 0.5) is 10.5 Å². The molecule has 0 spiro atoms. The Bertz CT molecular complexity index is 1280. The summed E-state index contributed by atoms with van der Waals surface area (Å²) in [5.74, 6) is 0.294. The van der Waals surface area contributed by atoms with Crippen LogP contribution in [0, 0.1) is 0 Å². The number of nitrogens with zero attached hydrogens (tertiary/aromatic N) is 5. The van der Waals surface area contributed by atoms with Crippen molar-refractivity contribution in [2.75, 3.05) is 26.5 Å². The third-order valence-corrected chi connectivity index (χ3v) is 4.61. The van der Waals surface area contributed by atoms with Crippen molar-refractivity contribution in [3.8, 4) is 17.1 Å². The Hall–Kier alpha value is -4.21. The number of fused-ring (bicyclic) bond motifs is 3. The zero-order valence-corrected chi connectivity index (χ0v) is 16.6. The molecule has 3 N–H and O–H groups in total. The fourth-order valence-electron chi connectivity index (χ4n) is 3.07. The molecule has 0 radical (unpaired) electrons. The highest BCUT2D eigenvalue weighted by atomic mass is 16.5. The number of ether oxygens (including phenoxy) is 1. The Balaban J connectivity index is 1.84. The quantitative estimate of drug-likeness (QED) is 0.535. The molecule has 10 nitrogen and oxygen atoms in total. The first-order valence-electron chi connectivity index (χ1n) is 8.99. The fourth-order valence-corrected chi connectivity index (χ4v) is 3.07. The highest BCUT2D eigenvalue weighted by Crippen LogP contribution is 2.28. The summed E-state index contributed by atoms with van der Waals surface area (Å²) in [5.41, 5.74) is 8.90. The van der Waals surface area contributed by atoms with Crippen molar-refractivity contribution in [1.82, 2.24) is 24.5 Å². The summed E-state index contributed by atoms with van der Waals surface area (Å²) in [6.07, 6.45) is 1.59. The number of benzene rings is 2. The first-order valence-corrected chi connectivity index (χ1v) is 8.99. The molecule has 0 aliphatic rings. The van der Waals surface area contributed by atoms with Gasteiger partial charge in [-0.25, -0.2) is 4.79 Å². The molecule has 0 unspecified atom stereocenters. The molecule has 3 amide bonds. The van der Waals surface area contributed by atoms with E-state index in [0.29, 0.717) is 33.9 Å². The van der Waals surface area contributed by atoms with Gasteiger partial charge >= 0.3 is 6.03 Å². The number of hydrogen-bond acceptors (Lipinski definition) is 6. The lowest BCUT2D eigenvalue weighted by molar-refractivity contribution is 0.0997. The number of carbonyl (C=O) groups excluding carboxylic acids is 2. The molecule has 0 fully saturated rings. The van der Waals surface area contributed by atoms with Crippen LogP contribution < -0.4 is 15.8 Å². The molecule has 0 aliphatic carbocycles. The Labute approximate surface area is 171 Å². The summed E-state index contributed by atoms with van der Waals surface area (Å²) in [6.45, 7) is 0. The second-order valence-electron chi connectivity index (χ2n) is 6.78. The summed E-state index contributed by atoms with van der Waals surface area (Å²) in [5, 5.41) is 11.2. The van der Waals surface area contributed by atoms with E-state index in [1.807, 2.05) is 12.1 Å². The smallest absolute Gasteiger partial charge is 0.321 e. The first kappa shape index (κ1) is 19.1. The molecule has 0 saturated carbocycles. The molecule has 0 aliphatic heterocycles. The number of primary amides is 1. The minimum absolute atomic E-state index is 0.222. The van der Waals surface area contributed by atoms with Crippen LogP contribution in [0.2, 0.25) is 0 Å².